The maximum atomic E-state index is 11.7. The van der Waals surface area contributed by atoms with Gasteiger partial charge in [-0.1, -0.05) is 13.3 Å². The van der Waals surface area contributed by atoms with Gasteiger partial charge in [0.1, 0.15) is 5.82 Å². The van der Waals surface area contributed by atoms with Gasteiger partial charge in [-0.3, -0.25) is 0 Å². The lowest BCUT2D eigenvalue weighted by atomic mass is 10.3. The molecule has 2 rings (SSSR count). The number of nitrogens with zero attached hydrogens (tertiary/aromatic N) is 4. The van der Waals surface area contributed by atoms with Crippen LogP contribution in [-0.4, -0.2) is 60.3 Å². The molecule has 0 saturated carbocycles. The Kier molecular flexibility index (Phi) is 6.24. The third-order valence-corrected chi connectivity index (χ3v) is 3.58. The van der Waals surface area contributed by atoms with Crippen molar-refractivity contribution >= 4 is 17.9 Å². The van der Waals surface area contributed by atoms with Crippen molar-refractivity contribution in [3.05, 3.63) is 12.3 Å². The number of ether oxygens (including phenoxy) is 1. The monoisotopic (exact) mass is 307 g/mol. The zero-order valence-corrected chi connectivity index (χ0v) is 13.4. The quantitative estimate of drug-likeness (QED) is 0.810. The Morgan fingerprint density at radius 2 is 2.09 bits per heavy atom. The van der Waals surface area contributed by atoms with Gasteiger partial charge in [-0.15, -0.1) is 0 Å². The van der Waals surface area contributed by atoms with Crippen molar-refractivity contribution in [1.82, 2.24) is 14.9 Å². The van der Waals surface area contributed by atoms with E-state index in [4.69, 9.17) is 4.74 Å². The predicted octanol–water partition coefficient (Wildman–Crippen LogP) is 1.97. The van der Waals surface area contributed by atoms with Crippen molar-refractivity contribution in [1.29, 1.82) is 0 Å². The number of carbonyl (C=O) groups is 1. The van der Waals surface area contributed by atoms with Gasteiger partial charge in [-0.25, -0.2) is 9.78 Å². The summed E-state index contributed by atoms with van der Waals surface area (Å²) in [6.07, 6.45) is 3.79. The molecule has 0 bridgehead atoms. The van der Waals surface area contributed by atoms with Crippen LogP contribution in [0.3, 0.4) is 0 Å². The zero-order chi connectivity index (χ0) is 15.8. The van der Waals surface area contributed by atoms with Gasteiger partial charge in [0.05, 0.1) is 6.61 Å². The van der Waals surface area contributed by atoms with Crippen molar-refractivity contribution in [2.24, 2.45) is 0 Å². The normalized spacial score (nSPS) is 14.8. The first kappa shape index (κ1) is 16.3. The fourth-order valence-corrected chi connectivity index (χ4v) is 2.32. The summed E-state index contributed by atoms with van der Waals surface area (Å²) in [5.74, 6) is 1.57. The summed E-state index contributed by atoms with van der Waals surface area (Å²) in [5.41, 5.74) is 0. The molecule has 0 atom stereocenters. The second-order valence-electron chi connectivity index (χ2n) is 5.19. The molecule has 1 aromatic heterocycles. The number of aromatic nitrogens is 2. The molecule has 0 radical (unpaired) electrons. The van der Waals surface area contributed by atoms with Crippen LogP contribution in [0.15, 0.2) is 12.3 Å². The highest BCUT2D eigenvalue weighted by Crippen LogP contribution is 2.15. The van der Waals surface area contributed by atoms with Crippen LogP contribution in [0.4, 0.5) is 16.6 Å². The molecule has 1 N–H and O–H groups in total. The minimum absolute atomic E-state index is 0.230. The Morgan fingerprint density at radius 3 is 2.77 bits per heavy atom. The number of amides is 1. The number of unbranched alkanes of at least 4 members (excludes halogenated alkanes) is 1. The fourth-order valence-electron chi connectivity index (χ4n) is 2.32. The SMILES string of the molecule is CCCCNc1nccc(N2CCN(C(=O)OCC)CC2)n1. The van der Waals surface area contributed by atoms with Crippen LogP contribution in [0.2, 0.25) is 0 Å². The highest BCUT2D eigenvalue weighted by atomic mass is 16.6. The Bertz CT molecular complexity index is 475. The number of carbonyl (C=O) groups excluding carboxylic acids is 1. The Balaban J connectivity index is 1.88. The van der Waals surface area contributed by atoms with Gasteiger partial charge in [-0.05, 0) is 19.4 Å². The Morgan fingerprint density at radius 1 is 1.32 bits per heavy atom. The molecule has 22 heavy (non-hydrogen) atoms. The second kappa shape index (κ2) is 8.41. The minimum atomic E-state index is -0.230. The summed E-state index contributed by atoms with van der Waals surface area (Å²) in [7, 11) is 0. The fraction of sp³-hybridized carbons (Fsp3) is 0.667. The standard InChI is InChI=1S/C15H25N5O2/c1-3-5-7-16-14-17-8-6-13(18-14)19-9-11-20(12-10-19)15(21)22-4-2/h6,8H,3-5,7,9-12H2,1-2H3,(H,16,17,18). The van der Waals surface area contributed by atoms with Crippen molar-refractivity contribution in [2.75, 3.05) is 49.5 Å². The molecule has 0 unspecified atom stereocenters. The molecule has 1 amide bonds. The average molecular weight is 307 g/mol. The van der Waals surface area contributed by atoms with Crippen LogP contribution in [0.25, 0.3) is 0 Å². The van der Waals surface area contributed by atoms with E-state index in [1.54, 1.807) is 11.1 Å². The predicted molar refractivity (Wildman–Crippen MR) is 86.2 cm³/mol. The van der Waals surface area contributed by atoms with E-state index in [1.165, 1.54) is 0 Å². The van der Waals surface area contributed by atoms with Crippen molar-refractivity contribution in [2.45, 2.75) is 26.7 Å². The van der Waals surface area contributed by atoms with E-state index in [1.807, 2.05) is 13.0 Å². The van der Waals surface area contributed by atoms with E-state index in [2.05, 4.69) is 27.1 Å². The lowest BCUT2D eigenvalue weighted by Gasteiger charge is -2.34. The van der Waals surface area contributed by atoms with E-state index < -0.39 is 0 Å². The average Bonchev–Trinajstić information content (AvgIpc) is 2.56. The Labute approximate surface area is 131 Å². The van der Waals surface area contributed by atoms with E-state index >= 15 is 0 Å². The molecule has 1 aliphatic heterocycles. The molecule has 0 aliphatic carbocycles. The number of hydrogen-bond donors (Lipinski definition) is 1. The summed E-state index contributed by atoms with van der Waals surface area (Å²) in [6.45, 7) is 8.09. The van der Waals surface area contributed by atoms with Crippen molar-refractivity contribution < 1.29 is 9.53 Å². The van der Waals surface area contributed by atoms with Gasteiger partial charge in [-0.2, -0.15) is 4.98 Å². The summed E-state index contributed by atoms with van der Waals surface area (Å²) in [5, 5.41) is 3.24. The molecule has 1 aromatic rings. The second-order valence-corrected chi connectivity index (χ2v) is 5.19. The van der Waals surface area contributed by atoms with E-state index in [0.717, 1.165) is 38.3 Å². The first-order valence-corrected chi connectivity index (χ1v) is 7.98. The van der Waals surface area contributed by atoms with Gasteiger partial charge >= 0.3 is 6.09 Å². The smallest absolute Gasteiger partial charge is 0.409 e. The van der Waals surface area contributed by atoms with Crippen molar-refractivity contribution in [3.63, 3.8) is 0 Å². The largest absolute Gasteiger partial charge is 0.450 e. The zero-order valence-electron chi connectivity index (χ0n) is 13.4. The summed E-state index contributed by atoms with van der Waals surface area (Å²) >= 11 is 0. The van der Waals surface area contributed by atoms with Gasteiger partial charge < -0.3 is 19.9 Å². The highest BCUT2D eigenvalue weighted by molar-refractivity contribution is 5.68. The third kappa shape index (κ3) is 4.47. The maximum absolute atomic E-state index is 11.7. The molecule has 1 aliphatic rings. The number of rotatable bonds is 6. The molecule has 1 fully saturated rings. The molecule has 0 spiro atoms. The molecule has 0 aromatic carbocycles. The lowest BCUT2D eigenvalue weighted by molar-refractivity contribution is 0.105. The summed E-state index contributed by atoms with van der Waals surface area (Å²) in [4.78, 5) is 24.4. The van der Waals surface area contributed by atoms with E-state index in [-0.39, 0.29) is 6.09 Å². The number of piperazine rings is 1. The first-order valence-electron chi connectivity index (χ1n) is 7.98. The molecular formula is C15H25N5O2. The van der Waals surface area contributed by atoms with Crippen LogP contribution in [0.5, 0.6) is 0 Å². The van der Waals surface area contributed by atoms with Gasteiger partial charge in [0, 0.05) is 38.9 Å². The topological polar surface area (TPSA) is 70.6 Å². The lowest BCUT2D eigenvalue weighted by Crippen LogP contribution is -2.49. The first-order chi connectivity index (χ1) is 10.7. The molecular weight excluding hydrogens is 282 g/mol. The Hall–Kier alpha value is -2.05. The molecule has 7 nitrogen and oxygen atoms in total. The van der Waals surface area contributed by atoms with Crippen LogP contribution < -0.4 is 10.2 Å². The number of nitrogens with one attached hydrogen (secondary N) is 1. The van der Waals surface area contributed by atoms with E-state index in [9.17, 15) is 4.79 Å². The molecule has 1 saturated heterocycles. The van der Waals surface area contributed by atoms with E-state index in [0.29, 0.717) is 25.6 Å². The summed E-state index contributed by atoms with van der Waals surface area (Å²) < 4.78 is 5.03. The highest BCUT2D eigenvalue weighted by Gasteiger charge is 2.22. The maximum Gasteiger partial charge on any atom is 0.409 e. The van der Waals surface area contributed by atoms with Gasteiger partial charge in [0.15, 0.2) is 0 Å². The van der Waals surface area contributed by atoms with Crippen LogP contribution in [0.1, 0.15) is 26.7 Å². The van der Waals surface area contributed by atoms with Crippen LogP contribution in [0, 0.1) is 0 Å². The molecule has 7 heteroatoms. The number of hydrogen-bond acceptors (Lipinski definition) is 6. The van der Waals surface area contributed by atoms with Gasteiger partial charge in [0.2, 0.25) is 5.95 Å². The summed E-state index contributed by atoms with van der Waals surface area (Å²) in [6, 6.07) is 1.91. The van der Waals surface area contributed by atoms with Gasteiger partial charge in [0.25, 0.3) is 0 Å². The third-order valence-electron chi connectivity index (χ3n) is 3.58. The number of anilines is 2. The van der Waals surface area contributed by atoms with Crippen LogP contribution >= 0.6 is 0 Å². The minimum Gasteiger partial charge on any atom is -0.450 e. The molecule has 122 valence electrons. The molecule has 2 heterocycles. The van der Waals surface area contributed by atoms with Crippen LogP contribution in [-0.2, 0) is 4.74 Å². The van der Waals surface area contributed by atoms with Crippen molar-refractivity contribution in [3.8, 4) is 0 Å².